The Morgan fingerprint density at radius 2 is 1.87 bits per heavy atom. The molecule has 1 aromatic heterocycles. The first-order valence-corrected chi connectivity index (χ1v) is 10.2. The first-order chi connectivity index (χ1) is 14.7. The van der Waals surface area contributed by atoms with Gasteiger partial charge in [0, 0.05) is 30.6 Å². The van der Waals surface area contributed by atoms with Crippen LogP contribution in [0.5, 0.6) is 11.5 Å². The van der Waals surface area contributed by atoms with Crippen LogP contribution in [0.1, 0.15) is 24.3 Å². The number of rotatable bonds is 7. The third kappa shape index (κ3) is 4.04. The van der Waals surface area contributed by atoms with Crippen molar-refractivity contribution in [2.45, 2.75) is 13.8 Å². The van der Waals surface area contributed by atoms with E-state index in [4.69, 9.17) is 14.2 Å². The van der Waals surface area contributed by atoms with Crippen LogP contribution >= 0.6 is 0 Å². The number of hydrogen-bond donors (Lipinski definition) is 2. The first-order valence-electron chi connectivity index (χ1n) is 10.2. The molecule has 2 N–H and O–H groups in total. The van der Waals surface area contributed by atoms with Crippen LogP contribution in [0.25, 0.3) is 10.9 Å². The van der Waals surface area contributed by atoms with Crippen LogP contribution in [0, 0.1) is 0 Å². The molecular weight excluding hydrogens is 384 g/mol. The van der Waals surface area contributed by atoms with Crippen LogP contribution in [0.2, 0.25) is 0 Å². The quantitative estimate of drug-likeness (QED) is 0.620. The summed E-state index contributed by atoms with van der Waals surface area (Å²) in [6.45, 7) is 7.73. The fourth-order valence-electron chi connectivity index (χ4n) is 3.56. The molecule has 1 amide bonds. The summed E-state index contributed by atoms with van der Waals surface area (Å²) < 4.78 is 17.2. The molecule has 2 aromatic carbocycles. The van der Waals surface area contributed by atoms with Gasteiger partial charge in [-0.05, 0) is 19.9 Å². The third-order valence-corrected chi connectivity index (χ3v) is 4.95. The number of hydrogen-bond acceptors (Lipinski definition) is 6. The predicted octanol–water partition coefficient (Wildman–Crippen LogP) is 3.45. The lowest BCUT2D eigenvalue weighted by atomic mass is 10.1. The number of nitrogens with zero attached hydrogens (tertiary/aromatic N) is 2. The Balaban J connectivity index is 1.68. The maximum Gasteiger partial charge on any atom is 0.276 e. The lowest BCUT2D eigenvalue weighted by Crippen LogP contribution is -2.36. The van der Waals surface area contributed by atoms with Crippen LogP contribution in [0.15, 0.2) is 36.4 Å². The minimum absolute atomic E-state index is 0.310. The number of amides is 1. The molecule has 0 aliphatic carbocycles. The molecule has 1 aliphatic rings. The molecule has 1 aliphatic heterocycles. The molecule has 1 fully saturated rings. The monoisotopic (exact) mass is 410 g/mol. The number of aromatic amines is 1. The van der Waals surface area contributed by atoms with E-state index in [-0.39, 0.29) is 5.91 Å². The minimum Gasteiger partial charge on any atom is -0.492 e. The Morgan fingerprint density at radius 3 is 2.63 bits per heavy atom. The van der Waals surface area contributed by atoms with Gasteiger partial charge >= 0.3 is 0 Å². The normalized spacial score (nSPS) is 14.0. The average molecular weight is 410 g/mol. The number of nitrogens with one attached hydrogen (secondary N) is 2. The zero-order valence-electron chi connectivity index (χ0n) is 17.2. The van der Waals surface area contributed by atoms with Crippen molar-refractivity contribution < 1.29 is 19.0 Å². The molecule has 30 heavy (non-hydrogen) atoms. The van der Waals surface area contributed by atoms with Gasteiger partial charge in [-0.3, -0.25) is 9.89 Å². The van der Waals surface area contributed by atoms with Gasteiger partial charge in [-0.25, -0.2) is 0 Å². The molecule has 0 radical (unpaired) electrons. The molecule has 4 rings (SSSR count). The van der Waals surface area contributed by atoms with Crippen molar-refractivity contribution in [2.24, 2.45) is 0 Å². The van der Waals surface area contributed by atoms with Gasteiger partial charge in [-0.1, -0.05) is 18.2 Å². The van der Waals surface area contributed by atoms with Gasteiger partial charge < -0.3 is 24.4 Å². The van der Waals surface area contributed by atoms with Crippen LogP contribution in [0.4, 0.5) is 11.4 Å². The number of carbonyl (C=O) groups excluding carboxylic acids is 1. The largest absolute Gasteiger partial charge is 0.492 e. The molecule has 8 heteroatoms. The van der Waals surface area contributed by atoms with E-state index in [1.54, 1.807) is 0 Å². The molecule has 0 bridgehead atoms. The Morgan fingerprint density at radius 1 is 1.13 bits per heavy atom. The smallest absolute Gasteiger partial charge is 0.276 e. The number of anilines is 2. The zero-order chi connectivity index (χ0) is 20.9. The van der Waals surface area contributed by atoms with Crippen LogP contribution in [-0.4, -0.2) is 55.6 Å². The molecule has 1 saturated heterocycles. The summed E-state index contributed by atoms with van der Waals surface area (Å²) in [5.41, 5.74) is 2.63. The first kappa shape index (κ1) is 20.0. The summed E-state index contributed by atoms with van der Waals surface area (Å²) in [5.74, 6) is 0.982. The van der Waals surface area contributed by atoms with E-state index in [2.05, 4.69) is 20.4 Å². The summed E-state index contributed by atoms with van der Waals surface area (Å²) in [7, 11) is 0. The summed E-state index contributed by atoms with van der Waals surface area (Å²) in [6.07, 6.45) is 0. The molecule has 0 spiro atoms. The van der Waals surface area contributed by atoms with E-state index >= 15 is 0 Å². The fraction of sp³-hybridized carbons (Fsp3) is 0.364. The number of fused-ring (bicyclic) bond motifs is 1. The molecular formula is C22H26N4O4. The van der Waals surface area contributed by atoms with Crippen LogP contribution in [0.3, 0.4) is 0 Å². The second-order valence-corrected chi connectivity index (χ2v) is 6.85. The summed E-state index contributed by atoms with van der Waals surface area (Å²) in [6, 6.07) is 11.3. The van der Waals surface area contributed by atoms with Crippen molar-refractivity contribution in [3.05, 3.63) is 42.1 Å². The van der Waals surface area contributed by atoms with Crippen LogP contribution < -0.4 is 19.7 Å². The van der Waals surface area contributed by atoms with E-state index in [0.717, 1.165) is 29.7 Å². The third-order valence-electron chi connectivity index (χ3n) is 4.95. The molecule has 0 saturated carbocycles. The lowest BCUT2D eigenvalue weighted by Gasteiger charge is -2.31. The van der Waals surface area contributed by atoms with Gasteiger partial charge in [0.05, 0.1) is 43.3 Å². The standard InChI is InChI=1S/C22H26N4O4/c1-3-29-19-14-18(26-9-11-28-12-10-26)20(30-4-2)13-17(19)23-22(27)21-15-7-5-6-8-16(15)24-25-21/h5-8,13-14H,3-4,9-12H2,1-2H3,(H,23,27)(H,24,25). The van der Waals surface area contributed by atoms with Gasteiger partial charge in [0.2, 0.25) is 0 Å². The molecule has 0 atom stereocenters. The Bertz CT molecular complexity index is 1030. The van der Waals surface area contributed by atoms with E-state index < -0.39 is 0 Å². The Hall–Kier alpha value is -3.26. The van der Waals surface area contributed by atoms with Crippen molar-refractivity contribution in [3.63, 3.8) is 0 Å². The van der Waals surface area contributed by atoms with Crippen LogP contribution in [-0.2, 0) is 4.74 Å². The predicted molar refractivity (Wildman–Crippen MR) is 116 cm³/mol. The highest BCUT2D eigenvalue weighted by atomic mass is 16.5. The highest BCUT2D eigenvalue weighted by Gasteiger charge is 2.22. The molecule has 8 nitrogen and oxygen atoms in total. The number of H-pyrrole nitrogens is 1. The van der Waals surface area contributed by atoms with Gasteiger partial charge in [0.15, 0.2) is 5.69 Å². The van der Waals surface area contributed by atoms with Crippen molar-refractivity contribution in [1.29, 1.82) is 0 Å². The lowest BCUT2D eigenvalue weighted by molar-refractivity contribution is 0.102. The van der Waals surface area contributed by atoms with E-state index in [1.165, 1.54) is 0 Å². The second kappa shape index (κ2) is 9.04. The zero-order valence-corrected chi connectivity index (χ0v) is 17.2. The van der Waals surface area contributed by atoms with Crippen molar-refractivity contribution in [1.82, 2.24) is 10.2 Å². The van der Waals surface area contributed by atoms with Crippen molar-refractivity contribution in [3.8, 4) is 11.5 Å². The number of aromatic nitrogens is 2. The second-order valence-electron chi connectivity index (χ2n) is 6.85. The maximum atomic E-state index is 13.0. The van der Waals surface area contributed by atoms with E-state index in [0.29, 0.717) is 49.3 Å². The number of morpholine rings is 1. The summed E-state index contributed by atoms with van der Waals surface area (Å²) in [4.78, 5) is 15.2. The molecule has 2 heterocycles. The maximum absolute atomic E-state index is 13.0. The number of para-hydroxylation sites is 1. The highest BCUT2D eigenvalue weighted by Crippen LogP contribution is 2.39. The Kier molecular flexibility index (Phi) is 6.04. The van der Waals surface area contributed by atoms with Gasteiger partial charge in [-0.15, -0.1) is 0 Å². The SMILES string of the molecule is CCOc1cc(N2CCOCC2)c(OCC)cc1NC(=O)c1n[nH]c2ccccc12. The van der Waals surface area contributed by atoms with Crippen molar-refractivity contribution in [2.75, 3.05) is 49.7 Å². The summed E-state index contributed by atoms with van der Waals surface area (Å²) in [5, 5.41) is 10.8. The Labute approximate surface area is 175 Å². The minimum atomic E-state index is -0.310. The van der Waals surface area contributed by atoms with Gasteiger partial charge in [0.1, 0.15) is 11.5 Å². The van der Waals surface area contributed by atoms with E-state index in [9.17, 15) is 4.79 Å². The average Bonchev–Trinajstić information content (AvgIpc) is 3.21. The fourth-order valence-corrected chi connectivity index (χ4v) is 3.56. The number of benzene rings is 2. The number of ether oxygens (including phenoxy) is 3. The molecule has 158 valence electrons. The highest BCUT2D eigenvalue weighted by molar-refractivity contribution is 6.11. The summed E-state index contributed by atoms with van der Waals surface area (Å²) >= 11 is 0. The van der Waals surface area contributed by atoms with E-state index in [1.807, 2.05) is 50.2 Å². The van der Waals surface area contributed by atoms with Crippen molar-refractivity contribution >= 4 is 28.2 Å². The number of carbonyl (C=O) groups is 1. The molecule has 0 unspecified atom stereocenters. The van der Waals surface area contributed by atoms with Gasteiger partial charge in [-0.2, -0.15) is 5.10 Å². The topological polar surface area (TPSA) is 88.7 Å². The molecule has 3 aromatic rings. The van der Waals surface area contributed by atoms with Gasteiger partial charge in [0.25, 0.3) is 5.91 Å².